The topological polar surface area (TPSA) is 52.2 Å². The molecule has 1 aliphatic rings. The summed E-state index contributed by atoms with van der Waals surface area (Å²) >= 11 is 0. The molecule has 0 aromatic heterocycles. The molecular weight excluding hydrogens is 178 g/mol. The highest BCUT2D eigenvalue weighted by atomic mass is 16.4. The zero-order valence-electron chi connectivity index (χ0n) is 8.25. The molecule has 0 spiro atoms. The molecule has 1 aromatic carbocycles. The Hall–Kier alpha value is -1.35. The van der Waals surface area contributed by atoms with Gasteiger partial charge in [0.2, 0.25) is 0 Å². The van der Waals surface area contributed by atoms with E-state index in [-0.39, 0.29) is 0 Å². The second-order valence-electron chi connectivity index (χ2n) is 3.19. The van der Waals surface area contributed by atoms with Crippen LogP contribution >= 0.6 is 0 Å². The summed E-state index contributed by atoms with van der Waals surface area (Å²) in [4.78, 5) is 8.89. The molecule has 0 radical (unpaired) electrons. The second kappa shape index (κ2) is 5.40. The average Bonchev–Trinajstić information content (AvgIpc) is 2.17. The van der Waals surface area contributed by atoms with E-state index in [0.717, 1.165) is 20.0 Å². The summed E-state index contributed by atoms with van der Waals surface area (Å²) in [5.41, 5.74) is 2.98. The predicted octanol–water partition coefficient (Wildman–Crippen LogP) is 0.0885. The van der Waals surface area contributed by atoms with Crippen LogP contribution in [-0.4, -0.2) is 12.5 Å². The van der Waals surface area contributed by atoms with Gasteiger partial charge in [0.05, 0.1) is 0 Å². The van der Waals surface area contributed by atoms with Gasteiger partial charge in [0.1, 0.15) is 0 Å². The molecule has 1 N–H and O–H groups in total. The fraction of sp³-hybridized carbons (Fsp3) is 0.364. The summed E-state index contributed by atoms with van der Waals surface area (Å²) in [7, 11) is 0. The van der Waals surface area contributed by atoms with Crippen LogP contribution in [0.1, 0.15) is 18.1 Å². The van der Waals surface area contributed by atoms with Crippen LogP contribution in [0.2, 0.25) is 0 Å². The summed E-state index contributed by atoms with van der Waals surface area (Å²) in [6.45, 7) is 3.16. The standard InChI is InChI=1S/C9H11N.C2H4O2/c1-2-4-9-7-10-6-5-8(9)3-1;1-2(3)4/h1-4,10H,5-7H2;1H3,(H,3,4)/p-1. The minimum absolute atomic E-state index is 0.972. The third-order valence-corrected chi connectivity index (χ3v) is 2.00. The van der Waals surface area contributed by atoms with Crippen LogP contribution in [-0.2, 0) is 17.8 Å². The monoisotopic (exact) mass is 192 g/mol. The van der Waals surface area contributed by atoms with Gasteiger partial charge in [0.15, 0.2) is 0 Å². The number of nitrogens with one attached hydrogen (secondary N) is 1. The Labute approximate surface area is 83.8 Å². The summed E-state index contributed by atoms with van der Waals surface area (Å²) in [5.74, 6) is -1.08. The SMILES string of the molecule is CC(=O)[O-].c1ccc2c(c1)CCNC2. The van der Waals surface area contributed by atoms with Crippen LogP contribution in [0.3, 0.4) is 0 Å². The maximum absolute atomic E-state index is 8.89. The first-order chi connectivity index (χ1) is 6.70. The Morgan fingerprint density at radius 1 is 1.36 bits per heavy atom. The first kappa shape index (κ1) is 10.7. The van der Waals surface area contributed by atoms with E-state index < -0.39 is 5.97 Å². The highest BCUT2D eigenvalue weighted by Gasteiger charge is 2.05. The molecule has 0 bridgehead atoms. The minimum atomic E-state index is -1.08. The van der Waals surface area contributed by atoms with Gasteiger partial charge in [0.25, 0.3) is 0 Å². The minimum Gasteiger partial charge on any atom is -0.550 e. The van der Waals surface area contributed by atoms with Crippen molar-refractivity contribution in [2.45, 2.75) is 19.9 Å². The molecule has 0 unspecified atom stereocenters. The lowest BCUT2D eigenvalue weighted by Gasteiger charge is -2.15. The van der Waals surface area contributed by atoms with E-state index in [1.165, 1.54) is 17.5 Å². The molecule has 2 rings (SSSR count). The Bertz CT molecular complexity index is 281. The number of hydrogen-bond donors (Lipinski definition) is 1. The van der Waals surface area contributed by atoms with Gasteiger partial charge in [-0.1, -0.05) is 24.3 Å². The van der Waals surface area contributed by atoms with E-state index >= 15 is 0 Å². The lowest BCUT2D eigenvalue weighted by molar-refractivity contribution is -0.302. The lowest BCUT2D eigenvalue weighted by atomic mass is 10.0. The maximum Gasteiger partial charge on any atom is 0.0383 e. The average molecular weight is 192 g/mol. The number of benzene rings is 1. The first-order valence-corrected chi connectivity index (χ1v) is 4.65. The number of rotatable bonds is 0. The van der Waals surface area contributed by atoms with Crippen LogP contribution in [0.5, 0.6) is 0 Å². The molecule has 0 saturated carbocycles. The van der Waals surface area contributed by atoms with Crippen molar-refractivity contribution in [2.24, 2.45) is 0 Å². The molecule has 0 saturated heterocycles. The van der Waals surface area contributed by atoms with Crippen LogP contribution in [0.4, 0.5) is 0 Å². The molecule has 14 heavy (non-hydrogen) atoms. The lowest BCUT2D eigenvalue weighted by Crippen LogP contribution is -2.23. The number of carboxylic acid groups (broad SMARTS) is 1. The molecule has 1 heterocycles. The van der Waals surface area contributed by atoms with E-state index in [1.807, 2.05) is 0 Å². The van der Waals surface area contributed by atoms with Crippen molar-refractivity contribution in [2.75, 3.05) is 6.54 Å². The molecule has 0 fully saturated rings. The van der Waals surface area contributed by atoms with Gasteiger partial charge in [-0.15, -0.1) is 0 Å². The summed E-state index contributed by atoms with van der Waals surface area (Å²) in [6.07, 6.45) is 1.19. The Kier molecular flexibility index (Phi) is 4.13. The molecule has 76 valence electrons. The highest BCUT2D eigenvalue weighted by molar-refractivity contribution is 5.60. The van der Waals surface area contributed by atoms with Crippen molar-refractivity contribution in [1.29, 1.82) is 0 Å². The van der Waals surface area contributed by atoms with Gasteiger partial charge in [-0.25, -0.2) is 0 Å². The Morgan fingerprint density at radius 2 is 1.93 bits per heavy atom. The van der Waals surface area contributed by atoms with Crippen molar-refractivity contribution < 1.29 is 9.90 Å². The van der Waals surface area contributed by atoms with Crippen molar-refractivity contribution in [3.05, 3.63) is 35.4 Å². The summed E-state index contributed by atoms with van der Waals surface area (Å²) < 4.78 is 0. The highest BCUT2D eigenvalue weighted by Crippen LogP contribution is 2.11. The third kappa shape index (κ3) is 3.58. The quantitative estimate of drug-likeness (QED) is 0.633. The third-order valence-electron chi connectivity index (χ3n) is 2.00. The zero-order chi connectivity index (χ0) is 10.4. The van der Waals surface area contributed by atoms with Crippen LogP contribution in [0.15, 0.2) is 24.3 Å². The number of aliphatic carboxylic acids is 1. The van der Waals surface area contributed by atoms with Gasteiger partial charge in [0, 0.05) is 12.5 Å². The summed E-state index contributed by atoms with van der Waals surface area (Å²) in [6, 6.07) is 8.63. The number of carboxylic acids is 1. The second-order valence-corrected chi connectivity index (χ2v) is 3.19. The zero-order valence-corrected chi connectivity index (χ0v) is 8.25. The fourth-order valence-electron chi connectivity index (χ4n) is 1.42. The molecule has 1 aliphatic heterocycles. The van der Waals surface area contributed by atoms with Crippen molar-refractivity contribution in [1.82, 2.24) is 5.32 Å². The van der Waals surface area contributed by atoms with Crippen LogP contribution in [0.25, 0.3) is 0 Å². The summed E-state index contributed by atoms with van der Waals surface area (Å²) in [5, 5.41) is 12.2. The molecule has 1 aromatic rings. The van der Waals surface area contributed by atoms with E-state index in [1.54, 1.807) is 0 Å². The molecule has 3 nitrogen and oxygen atoms in total. The number of fused-ring (bicyclic) bond motifs is 1. The normalized spacial score (nSPS) is 13.5. The van der Waals surface area contributed by atoms with Gasteiger partial charge in [-0.3, -0.25) is 0 Å². The predicted molar refractivity (Wildman–Crippen MR) is 52.5 cm³/mol. The van der Waals surface area contributed by atoms with Gasteiger partial charge < -0.3 is 15.2 Å². The van der Waals surface area contributed by atoms with Crippen LogP contribution in [0, 0.1) is 0 Å². The van der Waals surface area contributed by atoms with Gasteiger partial charge in [-0.05, 0) is 31.0 Å². The Morgan fingerprint density at radius 3 is 2.50 bits per heavy atom. The van der Waals surface area contributed by atoms with E-state index in [4.69, 9.17) is 9.90 Å². The fourth-order valence-corrected chi connectivity index (χ4v) is 1.42. The number of carbonyl (C=O) groups excluding carboxylic acids is 1. The number of carbonyl (C=O) groups is 1. The van der Waals surface area contributed by atoms with E-state index in [2.05, 4.69) is 29.6 Å². The smallest absolute Gasteiger partial charge is 0.0383 e. The van der Waals surface area contributed by atoms with Crippen molar-refractivity contribution >= 4 is 5.97 Å². The molecule has 0 amide bonds. The van der Waals surface area contributed by atoms with Crippen molar-refractivity contribution in [3.63, 3.8) is 0 Å². The van der Waals surface area contributed by atoms with Gasteiger partial charge in [-0.2, -0.15) is 0 Å². The van der Waals surface area contributed by atoms with Gasteiger partial charge >= 0.3 is 0 Å². The number of hydrogen-bond acceptors (Lipinski definition) is 3. The Balaban J connectivity index is 0.000000213. The van der Waals surface area contributed by atoms with Crippen molar-refractivity contribution in [3.8, 4) is 0 Å². The molecule has 0 aliphatic carbocycles. The molecule has 3 heteroatoms. The van der Waals surface area contributed by atoms with E-state index in [0.29, 0.717) is 0 Å². The largest absolute Gasteiger partial charge is 0.550 e. The molecular formula is C11H14NO2-. The van der Waals surface area contributed by atoms with E-state index in [9.17, 15) is 0 Å². The van der Waals surface area contributed by atoms with Crippen LogP contribution < -0.4 is 10.4 Å². The maximum atomic E-state index is 8.89. The molecule has 0 atom stereocenters. The first-order valence-electron chi connectivity index (χ1n) is 4.65.